The second kappa shape index (κ2) is 3.73. The summed E-state index contributed by atoms with van der Waals surface area (Å²) in [5.41, 5.74) is 9.30. The molecule has 1 nitrogen and oxygen atoms in total. The Morgan fingerprint density at radius 3 is 2.71 bits per heavy atom. The Bertz CT molecular complexity index is 101. The van der Waals surface area contributed by atoms with Gasteiger partial charge < -0.3 is 5.73 Å². The number of rotatable bonds is 1. The molecular weight excluding hydrogens is 84.9 g/mol. The van der Waals surface area contributed by atoms with Gasteiger partial charge >= 0.3 is 0 Å². The van der Waals surface area contributed by atoms with E-state index in [1.54, 1.807) is 0 Å². The molecule has 0 atom stereocenters. The minimum absolute atomic E-state index is 0.615. The molecule has 0 radical (unpaired) electrons. The van der Waals surface area contributed by atoms with Gasteiger partial charge in [-0.1, -0.05) is 5.47 Å². The minimum atomic E-state index is 0.615. The lowest BCUT2D eigenvalue weighted by Crippen LogP contribution is -2.00. The van der Waals surface area contributed by atoms with E-state index in [1.165, 1.54) is 0 Å². The molecule has 0 bridgehead atoms. The molecule has 2 heteroatoms. The third-order valence-corrected chi connectivity index (χ3v) is 0.697. The molecule has 2 N–H and O–H groups in total. The maximum absolute atomic E-state index is 5.24. The summed E-state index contributed by atoms with van der Waals surface area (Å²) in [6.07, 6.45) is 1.86. The van der Waals surface area contributed by atoms with E-state index in [1.807, 2.05) is 20.8 Å². The summed E-state index contributed by atoms with van der Waals surface area (Å²) >= 11 is 0. The maximum Gasteiger partial charge on any atom is 0.145 e. The molecule has 0 fully saturated rings. The van der Waals surface area contributed by atoms with Crippen LogP contribution < -0.4 is 5.73 Å². The highest BCUT2D eigenvalue weighted by Gasteiger charge is 1.73. The number of nitrogens with two attached hydrogens (primary N) is 1. The van der Waals surface area contributed by atoms with Crippen LogP contribution in [0.3, 0.4) is 0 Å². The SMILES string of the molecule is BC(=C=CC)CN. The van der Waals surface area contributed by atoms with E-state index in [0.29, 0.717) is 6.54 Å². The molecule has 0 aromatic heterocycles. The molecule has 0 aliphatic heterocycles. The summed E-state index contributed by atoms with van der Waals surface area (Å²) in [5.74, 6) is 0. The zero-order valence-electron chi connectivity index (χ0n) is 4.86. The Balaban J connectivity index is 3.74. The second-order valence-corrected chi connectivity index (χ2v) is 1.42. The highest BCUT2D eigenvalue weighted by Crippen LogP contribution is 1.74. The first-order chi connectivity index (χ1) is 3.31. The summed E-state index contributed by atoms with van der Waals surface area (Å²) in [5, 5.41) is 0. The maximum atomic E-state index is 5.24. The van der Waals surface area contributed by atoms with Crippen molar-refractivity contribution in [1.29, 1.82) is 0 Å². The van der Waals surface area contributed by atoms with E-state index in [2.05, 4.69) is 5.73 Å². The van der Waals surface area contributed by atoms with Crippen LogP contribution in [0, 0.1) is 0 Å². The fourth-order valence-electron chi connectivity index (χ4n) is 0.305. The van der Waals surface area contributed by atoms with Gasteiger partial charge in [0, 0.05) is 6.54 Å². The van der Waals surface area contributed by atoms with Crippen molar-refractivity contribution in [2.75, 3.05) is 6.54 Å². The van der Waals surface area contributed by atoms with Gasteiger partial charge in [0.25, 0.3) is 0 Å². The molecular formula is C5H10BN. The van der Waals surface area contributed by atoms with Gasteiger partial charge in [-0.05, 0) is 13.0 Å². The Morgan fingerprint density at radius 2 is 2.57 bits per heavy atom. The summed E-state index contributed by atoms with van der Waals surface area (Å²) < 4.78 is 0. The number of hydrogen-bond acceptors (Lipinski definition) is 1. The van der Waals surface area contributed by atoms with Gasteiger partial charge in [-0.25, -0.2) is 0 Å². The van der Waals surface area contributed by atoms with Crippen molar-refractivity contribution in [2.24, 2.45) is 5.73 Å². The summed E-state index contributed by atoms with van der Waals surface area (Å²) in [6.45, 7) is 2.55. The first-order valence-corrected chi connectivity index (χ1v) is 2.38. The molecule has 0 heterocycles. The van der Waals surface area contributed by atoms with E-state index in [9.17, 15) is 0 Å². The molecule has 0 spiro atoms. The molecule has 0 amide bonds. The van der Waals surface area contributed by atoms with Crippen molar-refractivity contribution < 1.29 is 0 Å². The fraction of sp³-hybridized carbons (Fsp3) is 0.400. The van der Waals surface area contributed by atoms with Crippen LogP contribution >= 0.6 is 0 Å². The lowest BCUT2D eigenvalue weighted by molar-refractivity contribution is 1.23. The Morgan fingerprint density at radius 1 is 2.00 bits per heavy atom. The molecule has 0 aliphatic rings. The van der Waals surface area contributed by atoms with Crippen LogP contribution in [0.15, 0.2) is 17.3 Å². The molecule has 7 heavy (non-hydrogen) atoms. The van der Waals surface area contributed by atoms with Crippen LogP contribution in [0.4, 0.5) is 0 Å². The Hall–Kier alpha value is -0.455. The first kappa shape index (κ1) is 6.54. The molecule has 0 saturated carbocycles. The van der Waals surface area contributed by atoms with Gasteiger partial charge in [-0.3, -0.25) is 0 Å². The molecule has 0 saturated heterocycles. The van der Waals surface area contributed by atoms with Gasteiger partial charge in [0.1, 0.15) is 7.85 Å². The zero-order valence-corrected chi connectivity index (χ0v) is 4.86. The highest BCUT2D eigenvalue weighted by atomic mass is 14.5. The lowest BCUT2D eigenvalue weighted by Gasteiger charge is -1.82. The zero-order chi connectivity index (χ0) is 5.70. The van der Waals surface area contributed by atoms with Crippen molar-refractivity contribution in [3.05, 3.63) is 17.3 Å². The van der Waals surface area contributed by atoms with Crippen molar-refractivity contribution in [3.63, 3.8) is 0 Å². The summed E-state index contributed by atoms with van der Waals surface area (Å²) in [7, 11) is 1.96. The monoisotopic (exact) mass is 95.1 g/mol. The minimum Gasteiger partial charge on any atom is -0.327 e. The van der Waals surface area contributed by atoms with Crippen molar-refractivity contribution in [1.82, 2.24) is 0 Å². The number of hydrogen-bond donors (Lipinski definition) is 1. The third-order valence-electron chi connectivity index (χ3n) is 0.697. The quantitative estimate of drug-likeness (QED) is 0.349. The van der Waals surface area contributed by atoms with E-state index in [4.69, 9.17) is 5.73 Å². The predicted molar refractivity (Wildman–Crippen MR) is 34.9 cm³/mol. The fourth-order valence-corrected chi connectivity index (χ4v) is 0.305. The van der Waals surface area contributed by atoms with Gasteiger partial charge in [0.15, 0.2) is 0 Å². The lowest BCUT2D eigenvalue weighted by atomic mass is 9.97. The smallest absolute Gasteiger partial charge is 0.145 e. The van der Waals surface area contributed by atoms with Crippen molar-refractivity contribution in [2.45, 2.75) is 6.92 Å². The van der Waals surface area contributed by atoms with Crippen LogP contribution in [-0.4, -0.2) is 14.4 Å². The van der Waals surface area contributed by atoms with Crippen molar-refractivity contribution >= 4 is 7.85 Å². The average Bonchev–Trinajstić information content (AvgIpc) is 1.68. The standard InChI is InChI=1S/C5H10BN/c1-2-3-5(6)4-7/h2H,4,6-7H2,1H3. The average molecular weight is 95.0 g/mol. The van der Waals surface area contributed by atoms with Crippen LogP contribution in [0.5, 0.6) is 0 Å². The molecule has 38 valence electrons. The molecule has 0 rings (SSSR count). The summed E-state index contributed by atoms with van der Waals surface area (Å²) in [6, 6.07) is 0. The Labute approximate surface area is 45.3 Å². The molecule has 0 aromatic carbocycles. The van der Waals surface area contributed by atoms with Gasteiger partial charge in [0.05, 0.1) is 0 Å². The van der Waals surface area contributed by atoms with E-state index < -0.39 is 0 Å². The van der Waals surface area contributed by atoms with Crippen LogP contribution in [0.2, 0.25) is 0 Å². The topological polar surface area (TPSA) is 26.0 Å². The van der Waals surface area contributed by atoms with Crippen LogP contribution in [0.1, 0.15) is 6.92 Å². The van der Waals surface area contributed by atoms with Gasteiger partial charge in [0.2, 0.25) is 0 Å². The second-order valence-electron chi connectivity index (χ2n) is 1.42. The normalized spacial score (nSPS) is 7.14. The van der Waals surface area contributed by atoms with Crippen LogP contribution in [-0.2, 0) is 0 Å². The first-order valence-electron chi connectivity index (χ1n) is 2.38. The van der Waals surface area contributed by atoms with Gasteiger partial charge in [-0.2, -0.15) is 0 Å². The van der Waals surface area contributed by atoms with Crippen LogP contribution in [0.25, 0.3) is 0 Å². The molecule has 0 unspecified atom stereocenters. The largest absolute Gasteiger partial charge is 0.327 e. The highest BCUT2D eigenvalue weighted by molar-refractivity contribution is 6.21. The third kappa shape index (κ3) is 3.37. The van der Waals surface area contributed by atoms with E-state index in [-0.39, 0.29) is 0 Å². The van der Waals surface area contributed by atoms with E-state index >= 15 is 0 Å². The molecule has 0 aliphatic carbocycles. The predicted octanol–water partition coefficient (Wildman–Crippen LogP) is -0.363. The summed E-state index contributed by atoms with van der Waals surface area (Å²) in [4.78, 5) is 0. The molecule has 0 aromatic rings. The van der Waals surface area contributed by atoms with E-state index in [0.717, 1.165) is 5.47 Å². The Kier molecular flexibility index (Phi) is 3.48. The van der Waals surface area contributed by atoms with Gasteiger partial charge in [-0.15, -0.1) is 5.73 Å². The van der Waals surface area contributed by atoms with Crippen molar-refractivity contribution in [3.8, 4) is 0 Å².